The number of hydrogen-bond donors (Lipinski definition) is 1. The standard InChI is InChI=1S/C19H20N4O2/c24-17(23-8-5-19(6-9-23)4-7-22-18(19)25)15-3-1-2-14(10-15)16-11-20-13-21-12-16/h1-3,10-13H,4-9H2,(H,22,25). The molecule has 0 unspecified atom stereocenters. The molecule has 25 heavy (non-hydrogen) atoms. The molecule has 1 aromatic carbocycles. The summed E-state index contributed by atoms with van der Waals surface area (Å²) in [5, 5.41) is 2.93. The Morgan fingerprint density at radius 2 is 1.84 bits per heavy atom. The van der Waals surface area contributed by atoms with Gasteiger partial charge < -0.3 is 10.2 Å². The van der Waals surface area contributed by atoms with Crippen LogP contribution in [-0.2, 0) is 4.79 Å². The summed E-state index contributed by atoms with van der Waals surface area (Å²) in [5.41, 5.74) is 2.22. The average molecular weight is 336 g/mol. The maximum absolute atomic E-state index is 12.9. The molecule has 2 aliphatic heterocycles. The summed E-state index contributed by atoms with van der Waals surface area (Å²) in [6, 6.07) is 7.55. The first-order valence-electron chi connectivity index (χ1n) is 8.61. The average Bonchev–Trinajstić information content (AvgIpc) is 3.02. The normalized spacial score (nSPS) is 19.0. The molecule has 2 aromatic rings. The number of amides is 2. The molecule has 1 spiro atoms. The number of likely N-dealkylation sites (tertiary alicyclic amines) is 1. The first-order chi connectivity index (χ1) is 12.2. The van der Waals surface area contributed by atoms with Gasteiger partial charge >= 0.3 is 0 Å². The van der Waals surface area contributed by atoms with E-state index < -0.39 is 0 Å². The van der Waals surface area contributed by atoms with Gasteiger partial charge in [0.05, 0.1) is 5.41 Å². The van der Waals surface area contributed by atoms with Crippen molar-refractivity contribution in [3.8, 4) is 11.1 Å². The van der Waals surface area contributed by atoms with Crippen molar-refractivity contribution >= 4 is 11.8 Å². The quantitative estimate of drug-likeness (QED) is 0.909. The van der Waals surface area contributed by atoms with Gasteiger partial charge in [0.15, 0.2) is 0 Å². The second kappa shape index (κ2) is 6.27. The van der Waals surface area contributed by atoms with Crippen LogP contribution in [0, 0.1) is 5.41 Å². The summed E-state index contributed by atoms with van der Waals surface area (Å²) >= 11 is 0. The zero-order chi connectivity index (χ0) is 17.3. The van der Waals surface area contributed by atoms with Crippen molar-refractivity contribution in [2.75, 3.05) is 19.6 Å². The Bertz CT molecular complexity index is 798. The van der Waals surface area contributed by atoms with Crippen molar-refractivity contribution in [3.05, 3.63) is 48.5 Å². The first-order valence-corrected chi connectivity index (χ1v) is 8.61. The van der Waals surface area contributed by atoms with E-state index in [1.807, 2.05) is 29.2 Å². The van der Waals surface area contributed by atoms with E-state index in [4.69, 9.17) is 0 Å². The van der Waals surface area contributed by atoms with Crippen LogP contribution in [-0.4, -0.2) is 46.3 Å². The van der Waals surface area contributed by atoms with Gasteiger partial charge in [0.25, 0.3) is 5.91 Å². The predicted molar refractivity (Wildman–Crippen MR) is 92.7 cm³/mol. The predicted octanol–water partition coefficient (Wildman–Crippen LogP) is 1.89. The van der Waals surface area contributed by atoms with Gasteiger partial charge in [0.1, 0.15) is 6.33 Å². The van der Waals surface area contributed by atoms with Gasteiger partial charge in [0, 0.05) is 43.2 Å². The van der Waals surface area contributed by atoms with E-state index in [0.717, 1.165) is 36.9 Å². The topological polar surface area (TPSA) is 75.2 Å². The van der Waals surface area contributed by atoms with Gasteiger partial charge in [-0.3, -0.25) is 9.59 Å². The van der Waals surface area contributed by atoms with Gasteiger partial charge in [-0.25, -0.2) is 9.97 Å². The molecular weight excluding hydrogens is 316 g/mol. The van der Waals surface area contributed by atoms with E-state index in [9.17, 15) is 9.59 Å². The molecule has 1 N–H and O–H groups in total. The Labute approximate surface area is 146 Å². The Balaban J connectivity index is 1.50. The van der Waals surface area contributed by atoms with Gasteiger partial charge in [-0.1, -0.05) is 12.1 Å². The Morgan fingerprint density at radius 3 is 2.52 bits per heavy atom. The van der Waals surface area contributed by atoms with Crippen LogP contribution >= 0.6 is 0 Å². The summed E-state index contributed by atoms with van der Waals surface area (Å²) < 4.78 is 0. The molecule has 0 saturated carbocycles. The molecule has 0 bridgehead atoms. The molecule has 2 saturated heterocycles. The molecule has 0 atom stereocenters. The lowest BCUT2D eigenvalue weighted by atomic mass is 9.77. The Morgan fingerprint density at radius 1 is 1.08 bits per heavy atom. The largest absolute Gasteiger partial charge is 0.356 e. The number of carbonyl (C=O) groups excluding carboxylic acids is 2. The summed E-state index contributed by atoms with van der Waals surface area (Å²) in [5.74, 6) is 0.178. The van der Waals surface area contributed by atoms with Crippen LogP contribution in [0.2, 0.25) is 0 Å². The van der Waals surface area contributed by atoms with Crippen molar-refractivity contribution < 1.29 is 9.59 Å². The minimum absolute atomic E-state index is 0.0203. The SMILES string of the molecule is O=C(c1cccc(-c2cncnc2)c1)N1CCC2(CCNC2=O)CC1. The number of carbonyl (C=O) groups is 2. The molecule has 2 amide bonds. The van der Waals surface area contributed by atoms with Crippen LogP contribution in [0.4, 0.5) is 0 Å². The summed E-state index contributed by atoms with van der Waals surface area (Å²) in [6.45, 7) is 2.02. The highest BCUT2D eigenvalue weighted by molar-refractivity contribution is 5.95. The fourth-order valence-corrected chi connectivity index (χ4v) is 3.79. The second-order valence-corrected chi connectivity index (χ2v) is 6.79. The molecule has 3 heterocycles. The van der Waals surface area contributed by atoms with E-state index in [1.165, 1.54) is 6.33 Å². The van der Waals surface area contributed by atoms with E-state index >= 15 is 0 Å². The maximum atomic E-state index is 12.9. The van der Waals surface area contributed by atoms with Crippen LogP contribution in [0.15, 0.2) is 43.0 Å². The van der Waals surface area contributed by atoms with Crippen LogP contribution < -0.4 is 5.32 Å². The van der Waals surface area contributed by atoms with Gasteiger partial charge in [-0.2, -0.15) is 0 Å². The lowest BCUT2D eigenvalue weighted by Crippen LogP contribution is -2.46. The lowest BCUT2D eigenvalue weighted by Gasteiger charge is -2.37. The molecule has 6 heteroatoms. The van der Waals surface area contributed by atoms with Crippen LogP contribution in [0.1, 0.15) is 29.6 Å². The van der Waals surface area contributed by atoms with Crippen molar-refractivity contribution in [2.45, 2.75) is 19.3 Å². The lowest BCUT2D eigenvalue weighted by molar-refractivity contribution is -0.129. The third-order valence-corrected chi connectivity index (χ3v) is 5.38. The highest BCUT2D eigenvalue weighted by atomic mass is 16.2. The van der Waals surface area contributed by atoms with Gasteiger partial charge in [-0.15, -0.1) is 0 Å². The maximum Gasteiger partial charge on any atom is 0.253 e. The molecule has 2 aliphatic rings. The zero-order valence-corrected chi connectivity index (χ0v) is 13.9. The highest BCUT2D eigenvalue weighted by Gasteiger charge is 2.45. The number of nitrogens with zero attached hydrogens (tertiary/aromatic N) is 3. The molecule has 4 rings (SSSR count). The van der Waals surface area contributed by atoms with E-state index in [1.54, 1.807) is 12.4 Å². The molecular formula is C19H20N4O2. The Kier molecular flexibility index (Phi) is 3.95. The first kappa shape index (κ1) is 15.7. The number of nitrogens with one attached hydrogen (secondary N) is 1. The van der Waals surface area contributed by atoms with Crippen molar-refractivity contribution in [1.82, 2.24) is 20.2 Å². The highest BCUT2D eigenvalue weighted by Crippen LogP contribution is 2.38. The number of piperidine rings is 1. The van der Waals surface area contributed by atoms with Crippen LogP contribution in [0.3, 0.4) is 0 Å². The van der Waals surface area contributed by atoms with Crippen molar-refractivity contribution in [1.29, 1.82) is 0 Å². The summed E-state index contributed by atoms with van der Waals surface area (Å²) in [4.78, 5) is 34.9. The number of benzene rings is 1. The second-order valence-electron chi connectivity index (χ2n) is 6.79. The monoisotopic (exact) mass is 336 g/mol. The zero-order valence-electron chi connectivity index (χ0n) is 13.9. The van der Waals surface area contributed by atoms with Crippen LogP contribution in [0.5, 0.6) is 0 Å². The van der Waals surface area contributed by atoms with Gasteiger partial charge in [-0.05, 0) is 37.0 Å². The van der Waals surface area contributed by atoms with Crippen LogP contribution in [0.25, 0.3) is 11.1 Å². The molecule has 6 nitrogen and oxygen atoms in total. The smallest absolute Gasteiger partial charge is 0.253 e. The third kappa shape index (κ3) is 2.88. The summed E-state index contributed by atoms with van der Waals surface area (Å²) in [7, 11) is 0. The van der Waals surface area contributed by atoms with E-state index in [0.29, 0.717) is 18.7 Å². The third-order valence-electron chi connectivity index (χ3n) is 5.38. The van der Waals surface area contributed by atoms with E-state index in [2.05, 4.69) is 15.3 Å². The van der Waals surface area contributed by atoms with Crippen molar-refractivity contribution in [3.63, 3.8) is 0 Å². The molecule has 128 valence electrons. The summed E-state index contributed by atoms with van der Waals surface area (Å²) in [6.07, 6.45) is 7.34. The molecule has 0 radical (unpaired) electrons. The number of hydrogen-bond acceptors (Lipinski definition) is 4. The Hall–Kier alpha value is -2.76. The fraction of sp³-hybridized carbons (Fsp3) is 0.368. The fourth-order valence-electron chi connectivity index (χ4n) is 3.79. The van der Waals surface area contributed by atoms with E-state index in [-0.39, 0.29) is 17.2 Å². The molecule has 2 fully saturated rings. The van der Waals surface area contributed by atoms with Crippen molar-refractivity contribution in [2.24, 2.45) is 5.41 Å². The van der Waals surface area contributed by atoms with Gasteiger partial charge in [0.2, 0.25) is 5.91 Å². The minimum Gasteiger partial charge on any atom is -0.356 e. The minimum atomic E-state index is -0.250. The molecule has 1 aromatic heterocycles. The molecule has 0 aliphatic carbocycles. The number of rotatable bonds is 2. The number of aromatic nitrogens is 2.